The molecule has 1 aliphatic carbocycles. The highest BCUT2D eigenvalue weighted by atomic mass is 16.6. The lowest BCUT2D eigenvalue weighted by Crippen LogP contribution is -2.31. The molecule has 0 aromatic heterocycles. The maximum Gasteiger partial charge on any atom is 0.317 e. The highest BCUT2D eigenvalue weighted by molar-refractivity contribution is 5.96. The maximum atomic E-state index is 11.8. The maximum absolute atomic E-state index is 11.8. The molecule has 0 N–H and O–H groups in total. The second-order valence-corrected chi connectivity index (χ2v) is 5.52. The molecule has 1 aliphatic heterocycles. The molecule has 3 heteroatoms. The van der Waals surface area contributed by atoms with Gasteiger partial charge in [0, 0.05) is 0 Å². The Morgan fingerprint density at radius 2 is 1.82 bits per heavy atom. The number of hydrogen-bond donors (Lipinski definition) is 0. The predicted octanol–water partition coefficient (Wildman–Crippen LogP) is 2.93. The summed E-state index contributed by atoms with van der Waals surface area (Å²) in [5.74, 6) is -0.0805. The van der Waals surface area contributed by atoms with Crippen LogP contribution in [0.1, 0.15) is 52.4 Å². The van der Waals surface area contributed by atoms with Crippen LogP contribution in [0.15, 0.2) is 0 Å². The molecule has 0 aromatic rings. The van der Waals surface area contributed by atoms with Gasteiger partial charge in [0.15, 0.2) is 0 Å². The standard InChI is InChI=1S/C14H22O3/c1-3-11(10-7-5-4-6-8-10)12-9(2)13(15)17-14(12)16/h9-12H,3-8H2,1-2H3. The van der Waals surface area contributed by atoms with Crippen molar-refractivity contribution in [3.05, 3.63) is 0 Å². The van der Waals surface area contributed by atoms with Crippen molar-refractivity contribution >= 4 is 11.9 Å². The van der Waals surface area contributed by atoms with Gasteiger partial charge in [-0.15, -0.1) is 0 Å². The Morgan fingerprint density at radius 1 is 1.18 bits per heavy atom. The van der Waals surface area contributed by atoms with E-state index in [9.17, 15) is 9.59 Å². The Hall–Kier alpha value is -0.860. The van der Waals surface area contributed by atoms with Crippen LogP contribution in [0.5, 0.6) is 0 Å². The number of ether oxygens (including phenoxy) is 1. The fraction of sp³-hybridized carbons (Fsp3) is 0.857. The van der Waals surface area contributed by atoms with E-state index >= 15 is 0 Å². The van der Waals surface area contributed by atoms with Crippen molar-refractivity contribution in [3.8, 4) is 0 Å². The van der Waals surface area contributed by atoms with E-state index < -0.39 is 0 Å². The average molecular weight is 238 g/mol. The summed E-state index contributed by atoms with van der Waals surface area (Å²) in [7, 11) is 0. The molecule has 3 unspecified atom stereocenters. The van der Waals surface area contributed by atoms with Crippen LogP contribution < -0.4 is 0 Å². The fourth-order valence-corrected chi connectivity index (χ4v) is 3.60. The van der Waals surface area contributed by atoms with Crippen LogP contribution in [0.4, 0.5) is 0 Å². The monoisotopic (exact) mass is 238 g/mol. The summed E-state index contributed by atoms with van der Waals surface area (Å²) in [5.41, 5.74) is 0. The quantitative estimate of drug-likeness (QED) is 0.561. The van der Waals surface area contributed by atoms with Gasteiger partial charge < -0.3 is 4.74 Å². The molecule has 2 fully saturated rings. The van der Waals surface area contributed by atoms with E-state index in [-0.39, 0.29) is 23.8 Å². The zero-order chi connectivity index (χ0) is 12.4. The van der Waals surface area contributed by atoms with E-state index in [1.165, 1.54) is 32.1 Å². The molecule has 1 saturated carbocycles. The van der Waals surface area contributed by atoms with Crippen LogP contribution in [0.25, 0.3) is 0 Å². The fourth-order valence-electron chi connectivity index (χ4n) is 3.60. The molecule has 2 aliphatic rings. The van der Waals surface area contributed by atoms with Crippen LogP contribution in [-0.2, 0) is 14.3 Å². The summed E-state index contributed by atoms with van der Waals surface area (Å²) in [6.45, 7) is 3.96. The largest absolute Gasteiger partial charge is 0.393 e. The molecule has 0 radical (unpaired) electrons. The van der Waals surface area contributed by atoms with E-state index in [0.29, 0.717) is 11.8 Å². The van der Waals surface area contributed by atoms with Gasteiger partial charge in [-0.25, -0.2) is 0 Å². The summed E-state index contributed by atoms with van der Waals surface area (Å²) < 4.78 is 4.78. The van der Waals surface area contributed by atoms with Crippen LogP contribution >= 0.6 is 0 Å². The van der Waals surface area contributed by atoms with Gasteiger partial charge >= 0.3 is 11.9 Å². The molecule has 0 aromatic carbocycles. The van der Waals surface area contributed by atoms with Crippen molar-refractivity contribution in [2.24, 2.45) is 23.7 Å². The van der Waals surface area contributed by atoms with Crippen molar-refractivity contribution in [2.45, 2.75) is 52.4 Å². The van der Waals surface area contributed by atoms with Crippen molar-refractivity contribution in [2.75, 3.05) is 0 Å². The third kappa shape index (κ3) is 2.38. The molecule has 0 amide bonds. The van der Waals surface area contributed by atoms with Crippen LogP contribution in [0, 0.1) is 23.7 Å². The normalized spacial score (nSPS) is 32.6. The van der Waals surface area contributed by atoms with Crippen molar-refractivity contribution in [3.63, 3.8) is 0 Å². The number of carbonyl (C=O) groups is 2. The van der Waals surface area contributed by atoms with Gasteiger partial charge in [0.05, 0.1) is 11.8 Å². The minimum Gasteiger partial charge on any atom is -0.393 e. The van der Waals surface area contributed by atoms with Gasteiger partial charge in [0.1, 0.15) is 0 Å². The molecule has 0 bridgehead atoms. The lowest BCUT2D eigenvalue weighted by atomic mass is 9.70. The first kappa shape index (κ1) is 12.6. The highest BCUT2D eigenvalue weighted by Gasteiger charge is 2.47. The van der Waals surface area contributed by atoms with Gasteiger partial charge in [-0.3, -0.25) is 9.59 Å². The minimum atomic E-state index is -0.325. The number of cyclic esters (lactones) is 2. The first-order valence-electron chi connectivity index (χ1n) is 6.90. The summed E-state index contributed by atoms with van der Waals surface area (Å²) in [6.07, 6.45) is 7.25. The van der Waals surface area contributed by atoms with Crippen LogP contribution in [0.2, 0.25) is 0 Å². The summed E-state index contributed by atoms with van der Waals surface area (Å²) >= 11 is 0. The summed E-state index contributed by atoms with van der Waals surface area (Å²) in [5, 5.41) is 0. The van der Waals surface area contributed by atoms with Gasteiger partial charge in [-0.2, -0.15) is 0 Å². The molecular weight excluding hydrogens is 216 g/mol. The molecule has 3 nitrogen and oxygen atoms in total. The second-order valence-electron chi connectivity index (χ2n) is 5.52. The number of hydrogen-bond acceptors (Lipinski definition) is 3. The van der Waals surface area contributed by atoms with Gasteiger partial charge in [0.2, 0.25) is 0 Å². The molecule has 17 heavy (non-hydrogen) atoms. The molecule has 96 valence electrons. The Bertz CT molecular complexity index is 305. The Balaban J connectivity index is 2.11. The minimum absolute atomic E-state index is 0.185. The van der Waals surface area contributed by atoms with E-state index in [1.807, 2.05) is 6.92 Å². The Kier molecular flexibility index (Phi) is 3.85. The summed E-state index contributed by atoms with van der Waals surface area (Å²) in [6, 6.07) is 0. The smallest absolute Gasteiger partial charge is 0.317 e. The van der Waals surface area contributed by atoms with E-state index in [1.54, 1.807) is 0 Å². The third-order valence-corrected chi connectivity index (χ3v) is 4.57. The number of carbonyl (C=O) groups excluding carboxylic acids is 2. The number of esters is 2. The average Bonchev–Trinajstić information content (AvgIpc) is 2.58. The van der Waals surface area contributed by atoms with Crippen LogP contribution in [0.3, 0.4) is 0 Å². The van der Waals surface area contributed by atoms with E-state index in [0.717, 1.165) is 6.42 Å². The van der Waals surface area contributed by atoms with Crippen molar-refractivity contribution in [1.29, 1.82) is 0 Å². The molecular formula is C14H22O3. The Labute approximate surface area is 103 Å². The number of rotatable bonds is 3. The lowest BCUT2D eigenvalue weighted by Gasteiger charge is -2.33. The van der Waals surface area contributed by atoms with E-state index in [4.69, 9.17) is 4.74 Å². The Morgan fingerprint density at radius 3 is 2.29 bits per heavy atom. The van der Waals surface area contributed by atoms with E-state index in [2.05, 4.69) is 6.92 Å². The molecule has 3 atom stereocenters. The zero-order valence-electron chi connectivity index (χ0n) is 10.8. The molecule has 1 saturated heterocycles. The SMILES string of the molecule is CCC(C1CCCCC1)C1C(=O)OC(=O)C1C. The zero-order valence-corrected chi connectivity index (χ0v) is 10.8. The molecule has 1 heterocycles. The van der Waals surface area contributed by atoms with Gasteiger partial charge in [0.25, 0.3) is 0 Å². The third-order valence-electron chi connectivity index (χ3n) is 4.57. The van der Waals surface area contributed by atoms with Crippen molar-refractivity contribution in [1.82, 2.24) is 0 Å². The van der Waals surface area contributed by atoms with Crippen molar-refractivity contribution < 1.29 is 14.3 Å². The topological polar surface area (TPSA) is 43.4 Å². The highest BCUT2D eigenvalue weighted by Crippen LogP contribution is 2.41. The van der Waals surface area contributed by atoms with Gasteiger partial charge in [-0.1, -0.05) is 52.4 Å². The predicted molar refractivity (Wildman–Crippen MR) is 64.1 cm³/mol. The van der Waals surface area contributed by atoms with Crippen LogP contribution in [-0.4, -0.2) is 11.9 Å². The second kappa shape index (κ2) is 5.19. The van der Waals surface area contributed by atoms with Gasteiger partial charge in [-0.05, 0) is 11.8 Å². The summed E-state index contributed by atoms with van der Waals surface area (Å²) in [4.78, 5) is 23.3. The molecule has 0 spiro atoms. The molecule has 2 rings (SSSR count). The first-order chi connectivity index (χ1) is 8.15. The lowest BCUT2D eigenvalue weighted by molar-refractivity contribution is -0.154. The first-order valence-corrected chi connectivity index (χ1v) is 6.90.